The van der Waals surface area contributed by atoms with Crippen molar-refractivity contribution in [1.82, 2.24) is 10.6 Å². The summed E-state index contributed by atoms with van der Waals surface area (Å²) in [6.07, 6.45) is 2.65. The van der Waals surface area contributed by atoms with Crippen LogP contribution in [-0.4, -0.2) is 44.0 Å². The van der Waals surface area contributed by atoms with E-state index in [-0.39, 0.29) is 23.5 Å². The van der Waals surface area contributed by atoms with Crippen LogP contribution in [0.15, 0.2) is 0 Å². The molecule has 5 nitrogen and oxygen atoms in total. The summed E-state index contributed by atoms with van der Waals surface area (Å²) in [7, 11) is -2.98. The highest BCUT2D eigenvalue weighted by Gasteiger charge is 2.41. The van der Waals surface area contributed by atoms with E-state index in [2.05, 4.69) is 17.6 Å². The van der Waals surface area contributed by atoms with Gasteiger partial charge in [-0.15, -0.1) is 0 Å². The van der Waals surface area contributed by atoms with Gasteiger partial charge in [-0.3, -0.25) is 4.79 Å². The van der Waals surface area contributed by atoms with Crippen LogP contribution in [0.2, 0.25) is 0 Å². The molecular weight excluding hydrogens is 252 g/mol. The Morgan fingerprint density at radius 3 is 2.72 bits per heavy atom. The fraction of sp³-hybridized carbons (Fsp3) is 0.917. The predicted molar refractivity (Wildman–Crippen MR) is 70.0 cm³/mol. The van der Waals surface area contributed by atoms with Crippen molar-refractivity contribution in [1.29, 1.82) is 0 Å². The van der Waals surface area contributed by atoms with Crippen LogP contribution in [0, 0.1) is 5.92 Å². The van der Waals surface area contributed by atoms with E-state index in [0.717, 1.165) is 19.4 Å². The molecule has 1 amide bonds. The Bertz CT molecular complexity index is 435. The zero-order valence-corrected chi connectivity index (χ0v) is 11.8. The van der Waals surface area contributed by atoms with Gasteiger partial charge in [0.15, 0.2) is 9.84 Å². The second kappa shape index (κ2) is 4.81. The number of rotatable bonds is 2. The van der Waals surface area contributed by atoms with E-state index in [1.807, 2.05) is 6.92 Å². The molecule has 2 aliphatic rings. The Balaban J connectivity index is 1.99. The van der Waals surface area contributed by atoms with Crippen molar-refractivity contribution in [3.63, 3.8) is 0 Å². The predicted octanol–water partition coefficient (Wildman–Crippen LogP) is 0.0679. The summed E-state index contributed by atoms with van der Waals surface area (Å²) < 4.78 is 23.0. The van der Waals surface area contributed by atoms with Gasteiger partial charge in [0.2, 0.25) is 5.91 Å². The third-order valence-electron chi connectivity index (χ3n) is 3.98. The molecule has 0 aromatic carbocycles. The number of piperidine rings is 1. The zero-order chi connectivity index (χ0) is 13.4. The number of amides is 1. The lowest BCUT2D eigenvalue weighted by Gasteiger charge is -2.32. The molecule has 104 valence electrons. The minimum atomic E-state index is -2.98. The number of hydrogen-bond donors (Lipinski definition) is 2. The van der Waals surface area contributed by atoms with Gasteiger partial charge in [0.1, 0.15) is 0 Å². The first-order valence-electron chi connectivity index (χ1n) is 6.57. The molecule has 0 bridgehead atoms. The molecule has 3 atom stereocenters. The molecule has 2 heterocycles. The van der Waals surface area contributed by atoms with Gasteiger partial charge < -0.3 is 10.6 Å². The molecular formula is C12H22N2O3S. The maximum absolute atomic E-state index is 12.2. The Hall–Kier alpha value is -0.620. The third kappa shape index (κ3) is 3.03. The van der Waals surface area contributed by atoms with Crippen molar-refractivity contribution in [2.45, 2.75) is 44.7 Å². The normalized spacial score (nSPS) is 39.4. The van der Waals surface area contributed by atoms with Gasteiger partial charge in [0.25, 0.3) is 0 Å². The molecule has 3 unspecified atom stereocenters. The number of nitrogens with one attached hydrogen (secondary N) is 2. The Labute approximate surface area is 109 Å². The van der Waals surface area contributed by atoms with E-state index in [0.29, 0.717) is 12.3 Å². The summed E-state index contributed by atoms with van der Waals surface area (Å²) in [5.41, 5.74) is -0.589. The van der Waals surface area contributed by atoms with Crippen molar-refractivity contribution in [3.8, 4) is 0 Å². The lowest BCUT2D eigenvalue weighted by Crippen LogP contribution is -2.57. The monoisotopic (exact) mass is 274 g/mol. The molecule has 0 radical (unpaired) electrons. The SMILES string of the molecule is CC1CCCNC1C(=O)NC1(C)CCS(=O)(=O)C1. The highest BCUT2D eigenvalue weighted by molar-refractivity contribution is 7.91. The fourth-order valence-electron chi connectivity index (χ4n) is 2.88. The quantitative estimate of drug-likeness (QED) is 0.747. The molecule has 0 aromatic rings. The molecule has 0 spiro atoms. The molecule has 0 saturated carbocycles. The second-order valence-corrected chi connectivity index (χ2v) is 8.13. The van der Waals surface area contributed by atoms with E-state index >= 15 is 0 Å². The summed E-state index contributed by atoms with van der Waals surface area (Å²) in [6, 6.07) is -0.182. The Morgan fingerprint density at radius 1 is 1.44 bits per heavy atom. The van der Waals surface area contributed by atoms with E-state index in [1.54, 1.807) is 0 Å². The van der Waals surface area contributed by atoms with Gasteiger partial charge in [-0.2, -0.15) is 0 Å². The first kappa shape index (κ1) is 13.8. The molecule has 2 saturated heterocycles. The van der Waals surface area contributed by atoms with E-state index in [1.165, 1.54) is 0 Å². The fourth-order valence-corrected chi connectivity index (χ4v) is 4.98. The number of hydrogen-bond acceptors (Lipinski definition) is 4. The first-order chi connectivity index (χ1) is 8.31. The van der Waals surface area contributed by atoms with Crippen molar-refractivity contribution in [2.75, 3.05) is 18.1 Å². The molecule has 18 heavy (non-hydrogen) atoms. The van der Waals surface area contributed by atoms with Crippen LogP contribution in [0.4, 0.5) is 0 Å². The standard InChI is InChI=1S/C12H22N2O3S/c1-9-4-3-6-13-10(9)11(15)14-12(2)5-7-18(16,17)8-12/h9-10,13H,3-8H2,1-2H3,(H,14,15). The lowest BCUT2D eigenvalue weighted by atomic mass is 9.91. The summed E-state index contributed by atoms with van der Waals surface area (Å²) in [4.78, 5) is 12.2. The topological polar surface area (TPSA) is 75.3 Å². The van der Waals surface area contributed by atoms with E-state index in [9.17, 15) is 13.2 Å². The van der Waals surface area contributed by atoms with Crippen LogP contribution in [0.25, 0.3) is 0 Å². The van der Waals surface area contributed by atoms with Gasteiger partial charge >= 0.3 is 0 Å². The molecule has 6 heteroatoms. The van der Waals surface area contributed by atoms with Gasteiger partial charge in [0.05, 0.1) is 23.1 Å². The number of carbonyl (C=O) groups is 1. The Morgan fingerprint density at radius 2 is 2.17 bits per heavy atom. The number of sulfone groups is 1. The van der Waals surface area contributed by atoms with Gasteiger partial charge in [-0.1, -0.05) is 6.92 Å². The van der Waals surface area contributed by atoms with Crippen molar-refractivity contribution in [3.05, 3.63) is 0 Å². The zero-order valence-electron chi connectivity index (χ0n) is 11.0. The minimum absolute atomic E-state index is 0.0539. The summed E-state index contributed by atoms with van der Waals surface area (Å²) >= 11 is 0. The molecule has 2 fully saturated rings. The van der Waals surface area contributed by atoms with Crippen LogP contribution in [0.5, 0.6) is 0 Å². The van der Waals surface area contributed by atoms with E-state index in [4.69, 9.17) is 0 Å². The van der Waals surface area contributed by atoms with Crippen LogP contribution >= 0.6 is 0 Å². The van der Waals surface area contributed by atoms with E-state index < -0.39 is 15.4 Å². The average Bonchev–Trinajstić information content (AvgIpc) is 2.53. The van der Waals surface area contributed by atoms with Crippen LogP contribution in [0.3, 0.4) is 0 Å². The summed E-state index contributed by atoms with van der Waals surface area (Å²) in [5, 5.41) is 6.15. The molecule has 0 aliphatic carbocycles. The highest BCUT2D eigenvalue weighted by Crippen LogP contribution is 2.24. The molecule has 2 N–H and O–H groups in total. The maximum atomic E-state index is 12.2. The highest BCUT2D eigenvalue weighted by atomic mass is 32.2. The lowest BCUT2D eigenvalue weighted by molar-refractivity contribution is -0.126. The second-order valence-electron chi connectivity index (χ2n) is 5.94. The minimum Gasteiger partial charge on any atom is -0.349 e. The van der Waals surface area contributed by atoms with Crippen molar-refractivity contribution >= 4 is 15.7 Å². The summed E-state index contributed by atoms with van der Waals surface area (Å²) in [5.74, 6) is 0.492. The largest absolute Gasteiger partial charge is 0.349 e. The van der Waals surface area contributed by atoms with Gasteiger partial charge in [0, 0.05) is 0 Å². The maximum Gasteiger partial charge on any atom is 0.237 e. The molecule has 2 aliphatic heterocycles. The number of carbonyl (C=O) groups excluding carboxylic acids is 1. The van der Waals surface area contributed by atoms with Gasteiger partial charge in [-0.25, -0.2) is 8.42 Å². The van der Waals surface area contributed by atoms with Gasteiger partial charge in [-0.05, 0) is 38.6 Å². The smallest absolute Gasteiger partial charge is 0.237 e. The molecule has 0 aromatic heterocycles. The van der Waals surface area contributed by atoms with Crippen LogP contribution in [0.1, 0.15) is 33.1 Å². The third-order valence-corrected chi connectivity index (χ3v) is 5.88. The van der Waals surface area contributed by atoms with Crippen molar-refractivity contribution in [2.24, 2.45) is 5.92 Å². The first-order valence-corrected chi connectivity index (χ1v) is 8.39. The average molecular weight is 274 g/mol. The van der Waals surface area contributed by atoms with Crippen LogP contribution < -0.4 is 10.6 Å². The summed E-state index contributed by atoms with van der Waals surface area (Å²) in [6.45, 7) is 4.74. The molecule has 2 rings (SSSR count). The Kier molecular flexibility index (Phi) is 3.69. The van der Waals surface area contributed by atoms with Crippen LogP contribution in [-0.2, 0) is 14.6 Å². The van der Waals surface area contributed by atoms with Crippen molar-refractivity contribution < 1.29 is 13.2 Å².